The van der Waals surface area contributed by atoms with Crippen molar-refractivity contribution in [3.05, 3.63) is 35.1 Å². The van der Waals surface area contributed by atoms with Crippen LogP contribution in [-0.4, -0.2) is 12.4 Å². The van der Waals surface area contributed by atoms with Gasteiger partial charge in [-0.3, -0.25) is 4.79 Å². The number of benzene rings is 1. The van der Waals surface area contributed by atoms with Crippen molar-refractivity contribution < 1.29 is 27.1 Å². The van der Waals surface area contributed by atoms with Crippen LogP contribution in [0, 0.1) is 5.82 Å². The first kappa shape index (κ1) is 13.0. The number of hydrogen-bond acceptors (Lipinski definition) is 2. The van der Waals surface area contributed by atoms with Gasteiger partial charge in [0.2, 0.25) is 0 Å². The maximum atomic E-state index is 13.8. The second kappa shape index (κ2) is 4.68. The van der Waals surface area contributed by atoms with Crippen LogP contribution >= 0.6 is 0 Å². The summed E-state index contributed by atoms with van der Waals surface area (Å²) < 4.78 is 56.5. The molecule has 0 N–H and O–H groups in total. The van der Waals surface area contributed by atoms with E-state index in [1.165, 1.54) is 6.07 Å². The minimum absolute atomic E-state index is 0.0851. The summed E-state index contributed by atoms with van der Waals surface area (Å²) >= 11 is 0. The molecule has 1 unspecified atom stereocenters. The van der Waals surface area contributed by atoms with Crippen LogP contribution in [0.1, 0.15) is 30.1 Å². The standard InChI is InChI=1S/C12H10F4O2/c13-11-8(10-6-7(17)4-5-18-10)2-1-3-9(11)12(14,15)16/h1-3,10H,4-6H2. The minimum Gasteiger partial charge on any atom is -0.372 e. The number of ether oxygens (including phenoxy) is 1. The zero-order valence-electron chi connectivity index (χ0n) is 9.26. The molecule has 0 bridgehead atoms. The quantitative estimate of drug-likeness (QED) is 0.726. The molecular formula is C12H10F4O2. The molecule has 0 aliphatic carbocycles. The molecule has 0 amide bonds. The zero-order chi connectivity index (χ0) is 13.3. The van der Waals surface area contributed by atoms with Gasteiger partial charge in [-0.2, -0.15) is 13.2 Å². The van der Waals surface area contributed by atoms with E-state index in [4.69, 9.17) is 4.74 Å². The molecule has 18 heavy (non-hydrogen) atoms. The van der Waals surface area contributed by atoms with E-state index in [1.54, 1.807) is 0 Å². The molecular weight excluding hydrogens is 252 g/mol. The lowest BCUT2D eigenvalue weighted by Gasteiger charge is -2.23. The molecule has 6 heteroatoms. The molecule has 1 aliphatic heterocycles. The molecule has 1 atom stereocenters. The molecule has 98 valence electrons. The van der Waals surface area contributed by atoms with E-state index >= 15 is 0 Å². The van der Waals surface area contributed by atoms with Gasteiger partial charge in [-0.05, 0) is 6.07 Å². The number of carbonyl (C=O) groups excluding carboxylic acids is 1. The normalized spacial score (nSPS) is 21.1. The van der Waals surface area contributed by atoms with Crippen molar-refractivity contribution in [2.45, 2.75) is 25.1 Å². The van der Waals surface area contributed by atoms with E-state index in [-0.39, 0.29) is 30.8 Å². The van der Waals surface area contributed by atoms with Gasteiger partial charge in [-0.1, -0.05) is 12.1 Å². The third-order valence-electron chi connectivity index (χ3n) is 2.79. The second-order valence-corrected chi connectivity index (χ2v) is 4.06. The Balaban J connectivity index is 2.37. The van der Waals surface area contributed by atoms with E-state index in [1.807, 2.05) is 0 Å². The molecule has 1 saturated heterocycles. The van der Waals surface area contributed by atoms with E-state index < -0.39 is 23.7 Å². The van der Waals surface area contributed by atoms with Gasteiger partial charge >= 0.3 is 6.18 Å². The van der Waals surface area contributed by atoms with E-state index in [2.05, 4.69) is 0 Å². The van der Waals surface area contributed by atoms with E-state index in [9.17, 15) is 22.4 Å². The molecule has 0 aromatic heterocycles. The molecule has 1 heterocycles. The van der Waals surface area contributed by atoms with Gasteiger partial charge in [0.25, 0.3) is 0 Å². The molecule has 0 spiro atoms. The Morgan fingerprint density at radius 2 is 2.00 bits per heavy atom. The highest BCUT2D eigenvalue weighted by molar-refractivity contribution is 5.79. The predicted molar refractivity (Wildman–Crippen MR) is 54.3 cm³/mol. The van der Waals surface area contributed by atoms with E-state index in [0.717, 1.165) is 6.07 Å². The first-order chi connectivity index (χ1) is 8.39. The number of hydrogen-bond donors (Lipinski definition) is 0. The highest BCUT2D eigenvalue weighted by Crippen LogP contribution is 2.36. The van der Waals surface area contributed by atoms with Gasteiger partial charge in [0.05, 0.1) is 18.3 Å². The van der Waals surface area contributed by atoms with Crippen LogP contribution in [0.4, 0.5) is 17.6 Å². The van der Waals surface area contributed by atoms with Gasteiger partial charge in [0.15, 0.2) is 0 Å². The fourth-order valence-electron chi connectivity index (χ4n) is 1.90. The molecule has 2 nitrogen and oxygen atoms in total. The third kappa shape index (κ3) is 2.53. The van der Waals surface area contributed by atoms with Crippen molar-refractivity contribution in [1.82, 2.24) is 0 Å². The average Bonchev–Trinajstić information content (AvgIpc) is 2.27. The number of rotatable bonds is 1. The van der Waals surface area contributed by atoms with Gasteiger partial charge in [0.1, 0.15) is 11.6 Å². The lowest BCUT2D eigenvalue weighted by Crippen LogP contribution is -2.21. The Kier molecular flexibility index (Phi) is 3.38. The summed E-state index contributed by atoms with van der Waals surface area (Å²) in [5, 5.41) is 0. The summed E-state index contributed by atoms with van der Waals surface area (Å²) in [6.07, 6.45) is -5.54. The fraction of sp³-hybridized carbons (Fsp3) is 0.417. The Hall–Kier alpha value is -1.43. The highest BCUT2D eigenvalue weighted by atomic mass is 19.4. The Bertz CT molecular complexity index is 468. The summed E-state index contributed by atoms with van der Waals surface area (Å²) in [5.41, 5.74) is -1.54. The summed E-state index contributed by atoms with van der Waals surface area (Å²) in [7, 11) is 0. The molecule has 0 radical (unpaired) electrons. The van der Waals surface area contributed by atoms with Crippen LogP contribution in [0.2, 0.25) is 0 Å². The average molecular weight is 262 g/mol. The van der Waals surface area contributed by atoms with Gasteiger partial charge < -0.3 is 4.74 Å². The highest BCUT2D eigenvalue weighted by Gasteiger charge is 2.36. The molecule has 1 fully saturated rings. The second-order valence-electron chi connectivity index (χ2n) is 4.06. The Labute approximate surface area is 101 Å². The van der Waals surface area contributed by atoms with Crippen LogP contribution in [0.5, 0.6) is 0 Å². The van der Waals surface area contributed by atoms with Crippen LogP contribution < -0.4 is 0 Å². The monoisotopic (exact) mass is 262 g/mol. The van der Waals surface area contributed by atoms with Crippen LogP contribution in [0.15, 0.2) is 18.2 Å². The van der Waals surface area contributed by atoms with Crippen LogP contribution in [0.3, 0.4) is 0 Å². The number of ketones is 1. The number of halogens is 4. The smallest absolute Gasteiger partial charge is 0.372 e. The Morgan fingerprint density at radius 1 is 1.28 bits per heavy atom. The molecule has 2 rings (SSSR count). The minimum atomic E-state index is -4.75. The van der Waals surface area contributed by atoms with Crippen molar-refractivity contribution in [3.8, 4) is 0 Å². The molecule has 1 aromatic carbocycles. The SMILES string of the molecule is O=C1CCOC(c2cccc(C(F)(F)F)c2F)C1. The first-order valence-electron chi connectivity index (χ1n) is 5.38. The van der Waals surface area contributed by atoms with Gasteiger partial charge in [-0.15, -0.1) is 0 Å². The molecule has 0 saturated carbocycles. The van der Waals surface area contributed by atoms with E-state index in [0.29, 0.717) is 6.07 Å². The fourth-order valence-corrected chi connectivity index (χ4v) is 1.90. The van der Waals surface area contributed by atoms with Crippen molar-refractivity contribution in [1.29, 1.82) is 0 Å². The number of Topliss-reactive ketones (excluding diaryl/α,β-unsaturated/α-hetero) is 1. The van der Waals surface area contributed by atoms with Gasteiger partial charge in [-0.25, -0.2) is 4.39 Å². The van der Waals surface area contributed by atoms with Crippen molar-refractivity contribution in [2.24, 2.45) is 0 Å². The first-order valence-corrected chi connectivity index (χ1v) is 5.38. The number of alkyl halides is 3. The summed E-state index contributed by atoms with van der Waals surface area (Å²) in [6.45, 7) is 0.110. The van der Waals surface area contributed by atoms with Crippen molar-refractivity contribution in [3.63, 3.8) is 0 Å². The summed E-state index contributed by atoms with van der Waals surface area (Å²) in [6, 6.07) is 3.00. The maximum Gasteiger partial charge on any atom is 0.419 e. The topological polar surface area (TPSA) is 26.3 Å². The summed E-state index contributed by atoms with van der Waals surface area (Å²) in [5.74, 6) is -1.49. The lowest BCUT2D eigenvalue weighted by atomic mass is 9.98. The van der Waals surface area contributed by atoms with Gasteiger partial charge in [0, 0.05) is 18.4 Å². The summed E-state index contributed by atoms with van der Waals surface area (Å²) in [4.78, 5) is 11.2. The van der Waals surface area contributed by atoms with Crippen LogP contribution in [-0.2, 0) is 15.7 Å². The zero-order valence-corrected chi connectivity index (χ0v) is 9.26. The maximum absolute atomic E-state index is 13.8. The largest absolute Gasteiger partial charge is 0.419 e. The number of carbonyl (C=O) groups is 1. The molecule has 1 aromatic rings. The molecule has 1 aliphatic rings. The van der Waals surface area contributed by atoms with Crippen molar-refractivity contribution in [2.75, 3.05) is 6.61 Å². The van der Waals surface area contributed by atoms with Crippen LogP contribution in [0.25, 0.3) is 0 Å². The third-order valence-corrected chi connectivity index (χ3v) is 2.79. The predicted octanol–water partition coefficient (Wildman–Crippen LogP) is 3.27. The lowest BCUT2D eigenvalue weighted by molar-refractivity contribution is -0.140. The van der Waals surface area contributed by atoms with Crippen molar-refractivity contribution >= 4 is 5.78 Å². The Morgan fingerprint density at radius 3 is 2.61 bits per heavy atom.